The molecule has 0 atom stereocenters. The Morgan fingerprint density at radius 1 is 1.43 bits per heavy atom. The van der Waals surface area contributed by atoms with E-state index in [1.807, 2.05) is 24.3 Å². The molecule has 4 heteroatoms. The lowest BCUT2D eigenvalue weighted by molar-refractivity contribution is 0.227. The van der Waals surface area contributed by atoms with Crippen molar-refractivity contribution in [3.05, 3.63) is 35.4 Å². The van der Waals surface area contributed by atoms with Crippen molar-refractivity contribution in [3.63, 3.8) is 0 Å². The van der Waals surface area contributed by atoms with Crippen LogP contribution in [0.1, 0.15) is 11.1 Å². The average Bonchev–Trinajstić information content (AvgIpc) is 2.39. The van der Waals surface area contributed by atoms with E-state index in [-0.39, 0.29) is 5.24 Å². The van der Waals surface area contributed by atoms with E-state index in [4.69, 9.17) is 0 Å². The van der Waals surface area contributed by atoms with Crippen molar-refractivity contribution in [2.45, 2.75) is 6.42 Å². The number of thiol groups is 1. The lowest BCUT2D eigenvalue weighted by atomic mass is 10.1. The standard InChI is InChI=1S/C10H10N2OS/c13-10(14)12-6-5-8-3-1-2-4-9(8)7-11-12/h1-4,7H,5-6H2,(H,13,14). The summed E-state index contributed by atoms with van der Waals surface area (Å²) in [6.07, 6.45) is 2.53. The van der Waals surface area contributed by atoms with Gasteiger partial charge in [0.25, 0.3) is 5.24 Å². The van der Waals surface area contributed by atoms with Crippen LogP contribution in [-0.2, 0) is 6.42 Å². The molecule has 0 aliphatic carbocycles. The molecular weight excluding hydrogens is 196 g/mol. The Kier molecular flexibility index (Phi) is 2.54. The lowest BCUT2D eigenvalue weighted by Crippen LogP contribution is -2.21. The van der Waals surface area contributed by atoms with E-state index in [2.05, 4.69) is 17.7 Å². The third-order valence-corrected chi connectivity index (χ3v) is 2.44. The van der Waals surface area contributed by atoms with Crippen molar-refractivity contribution < 1.29 is 4.79 Å². The van der Waals surface area contributed by atoms with Crippen molar-refractivity contribution in [1.29, 1.82) is 0 Å². The predicted molar refractivity (Wildman–Crippen MR) is 58.8 cm³/mol. The van der Waals surface area contributed by atoms with Crippen LogP contribution < -0.4 is 0 Å². The zero-order chi connectivity index (χ0) is 9.97. The number of hydrogen-bond donors (Lipinski definition) is 1. The first kappa shape index (κ1) is 9.27. The number of amides is 1. The number of fused-ring (bicyclic) bond motifs is 1. The maximum atomic E-state index is 11.0. The average molecular weight is 206 g/mol. The van der Waals surface area contributed by atoms with Gasteiger partial charge in [-0.1, -0.05) is 36.9 Å². The Labute approximate surface area is 87.8 Å². The molecule has 0 aromatic heterocycles. The van der Waals surface area contributed by atoms with Gasteiger partial charge in [-0.3, -0.25) is 4.79 Å². The highest BCUT2D eigenvalue weighted by Gasteiger charge is 2.12. The maximum Gasteiger partial charge on any atom is 0.298 e. The fourth-order valence-corrected chi connectivity index (χ4v) is 1.60. The van der Waals surface area contributed by atoms with Crippen LogP contribution in [0, 0.1) is 0 Å². The van der Waals surface area contributed by atoms with Gasteiger partial charge < -0.3 is 0 Å². The summed E-state index contributed by atoms with van der Waals surface area (Å²) in [5, 5.41) is 5.10. The second kappa shape index (κ2) is 3.84. The lowest BCUT2D eigenvalue weighted by Gasteiger charge is -2.10. The predicted octanol–water partition coefficient (Wildman–Crippen LogP) is 1.93. The summed E-state index contributed by atoms with van der Waals surface area (Å²) >= 11 is 3.74. The number of carbonyl (C=O) groups excluding carboxylic acids is 1. The van der Waals surface area contributed by atoms with Crippen LogP contribution in [0.15, 0.2) is 29.4 Å². The summed E-state index contributed by atoms with van der Waals surface area (Å²) in [7, 11) is 0. The SMILES string of the molecule is O=C(S)N1CCc2ccccc2C=N1. The van der Waals surface area contributed by atoms with E-state index in [0.29, 0.717) is 6.54 Å². The van der Waals surface area contributed by atoms with Gasteiger partial charge in [0, 0.05) is 6.54 Å². The van der Waals surface area contributed by atoms with Crippen molar-refractivity contribution in [2.75, 3.05) is 6.54 Å². The molecule has 1 aromatic carbocycles. The molecule has 1 amide bonds. The fraction of sp³-hybridized carbons (Fsp3) is 0.200. The summed E-state index contributed by atoms with van der Waals surface area (Å²) in [4.78, 5) is 11.0. The normalized spacial score (nSPS) is 14.8. The third kappa shape index (κ3) is 1.80. The van der Waals surface area contributed by atoms with Crippen LogP contribution in [0.2, 0.25) is 0 Å². The Balaban J connectivity index is 2.29. The molecule has 1 heterocycles. The second-order valence-electron chi connectivity index (χ2n) is 3.10. The quantitative estimate of drug-likeness (QED) is 0.646. The van der Waals surface area contributed by atoms with E-state index in [1.165, 1.54) is 10.6 Å². The van der Waals surface area contributed by atoms with E-state index >= 15 is 0 Å². The van der Waals surface area contributed by atoms with Gasteiger partial charge >= 0.3 is 0 Å². The third-order valence-electron chi connectivity index (χ3n) is 2.21. The molecule has 72 valence electrons. The molecule has 14 heavy (non-hydrogen) atoms. The summed E-state index contributed by atoms with van der Waals surface area (Å²) < 4.78 is 0. The maximum absolute atomic E-state index is 11.0. The zero-order valence-electron chi connectivity index (χ0n) is 7.55. The van der Waals surface area contributed by atoms with Gasteiger partial charge in [-0.15, -0.1) is 0 Å². The molecule has 0 fully saturated rings. The van der Waals surface area contributed by atoms with Crippen molar-refractivity contribution in [2.24, 2.45) is 5.10 Å². The molecule has 0 N–H and O–H groups in total. The number of carbonyl (C=O) groups is 1. The van der Waals surface area contributed by atoms with E-state index in [0.717, 1.165) is 12.0 Å². The minimum atomic E-state index is -0.311. The minimum absolute atomic E-state index is 0.311. The highest BCUT2D eigenvalue weighted by molar-refractivity contribution is 7.96. The molecule has 0 unspecified atom stereocenters. The van der Waals surface area contributed by atoms with E-state index in [1.54, 1.807) is 6.21 Å². The summed E-state index contributed by atoms with van der Waals surface area (Å²) in [5.74, 6) is 0. The molecular formula is C10H10N2OS. The molecule has 2 rings (SSSR count). The summed E-state index contributed by atoms with van der Waals surface area (Å²) in [5.41, 5.74) is 2.29. The van der Waals surface area contributed by atoms with Gasteiger partial charge in [0.05, 0.1) is 6.21 Å². The Morgan fingerprint density at radius 2 is 2.21 bits per heavy atom. The summed E-state index contributed by atoms with van der Waals surface area (Å²) in [6.45, 7) is 0.593. The molecule has 1 aliphatic rings. The minimum Gasteiger partial charge on any atom is -0.260 e. The van der Waals surface area contributed by atoms with Crippen LogP contribution in [0.25, 0.3) is 0 Å². The number of benzene rings is 1. The Morgan fingerprint density at radius 3 is 3.00 bits per heavy atom. The Hall–Kier alpha value is -1.29. The first-order chi connectivity index (χ1) is 6.77. The number of nitrogens with zero attached hydrogens (tertiary/aromatic N) is 2. The van der Waals surface area contributed by atoms with Gasteiger partial charge in [-0.05, 0) is 17.5 Å². The topological polar surface area (TPSA) is 32.7 Å². The fourth-order valence-electron chi connectivity index (χ4n) is 1.45. The molecule has 0 saturated heterocycles. The summed E-state index contributed by atoms with van der Waals surface area (Å²) in [6, 6.07) is 7.99. The van der Waals surface area contributed by atoms with Gasteiger partial charge in [0.2, 0.25) is 0 Å². The van der Waals surface area contributed by atoms with Gasteiger partial charge in [0.1, 0.15) is 0 Å². The van der Waals surface area contributed by atoms with Crippen LogP contribution in [0.4, 0.5) is 4.79 Å². The van der Waals surface area contributed by atoms with Crippen molar-refractivity contribution >= 4 is 24.1 Å². The van der Waals surface area contributed by atoms with Crippen LogP contribution in [0.5, 0.6) is 0 Å². The van der Waals surface area contributed by atoms with E-state index < -0.39 is 0 Å². The molecule has 1 aromatic rings. The molecule has 0 spiro atoms. The molecule has 0 saturated carbocycles. The van der Waals surface area contributed by atoms with Crippen molar-refractivity contribution in [1.82, 2.24) is 5.01 Å². The van der Waals surface area contributed by atoms with Gasteiger partial charge in [-0.2, -0.15) is 5.10 Å². The van der Waals surface area contributed by atoms with Gasteiger partial charge in [-0.25, -0.2) is 5.01 Å². The van der Waals surface area contributed by atoms with Crippen LogP contribution >= 0.6 is 12.6 Å². The zero-order valence-corrected chi connectivity index (χ0v) is 8.45. The first-order valence-electron chi connectivity index (χ1n) is 4.40. The number of hydrazone groups is 1. The molecule has 3 nitrogen and oxygen atoms in total. The molecule has 0 radical (unpaired) electrons. The van der Waals surface area contributed by atoms with Crippen molar-refractivity contribution in [3.8, 4) is 0 Å². The highest BCUT2D eigenvalue weighted by atomic mass is 32.1. The second-order valence-corrected chi connectivity index (χ2v) is 3.48. The monoisotopic (exact) mass is 206 g/mol. The first-order valence-corrected chi connectivity index (χ1v) is 4.84. The Bertz CT molecular complexity index is 389. The molecule has 1 aliphatic heterocycles. The molecule has 0 bridgehead atoms. The smallest absolute Gasteiger partial charge is 0.260 e. The van der Waals surface area contributed by atoms with E-state index in [9.17, 15) is 4.79 Å². The van der Waals surface area contributed by atoms with Crippen LogP contribution in [-0.4, -0.2) is 23.0 Å². The largest absolute Gasteiger partial charge is 0.298 e. The van der Waals surface area contributed by atoms with Crippen LogP contribution in [0.3, 0.4) is 0 Å². The number of hydrogen-bond acceptors (Lipinski definition) is 2. The highest BCUT2D eigenvalue weighted by Crippen LogP contribution is 2.12. The van der Waals surface area contributed by atoms with Gasteiger partial charge in [0.15, 0.2) is 0 Å². The number of rotatable bonds is 0.